The molecule has 0 spiro atoms. The molecule has 2 aromatic rings. The van der Waals surface area contributed by atoms with Gasteiger partial charge in [-0.15, -0.1) is 0 Å². The highest BCUT2D eigenvalue weighted by atomic mass is 16.1. The van der Waals surface area contributed by atoms with Crippen LogP contribution < -0.4 is 5.32 Å². The van der Waals surface area contributed by atoms with Crippen LogP contribution in [0.1, 0.15) is 58.2 Å². The van der Waals surface area contributed by atoms with Crippen molar-refractivity contribution in [3.05, 3.63) is 64.3 Å². The van der Waals surface area contributed by atoms with Crippen molar-refractivity contribution in [1.82, 2.24) is 15.1 Å². The van der Waals surface area contributed by atoms with E-state index in [1.54, 1.807) is 0 Å². The number of carbonyl (C=O) groups excluding carboxylic acids is 1. The molecule has 1 aromatic carbocycles. The van der Waals surface area contributed by atoms with Gasteiger partial charge in [-0.3, -0.25) is 9.48 Å². The molecule has 0 fully saturated rings. The number of rotatable bonds is 3. The molecule has 0 amide bonds. The van der Waals surface area contributed by atoms with Crippen molar-refractivity contribution < 1.29 is 4.79 Å². The van der Waals surface area contributed by atoms with E-state index in [1.807, 2.05) is 25.6 Å². The number of allylic oxidation sites excluding steroid dienone is 3. The molecule has 0 saturated heterocycles. The number of hydrogen-bond donors (Lipinski definition) is 1. The molecule has 6 heteroatoms. The van der Waals surface area contributed by atoms with Gasteiger partial charge in [0.05, 0.1) is 16.8 Å². The van der Waals surface area contributed by atoms with Gasteiger partial charge in [0.15, 0.2) is 11.9 Å². The van der Waals surface area contributed by atoms with E-state index in [1.165, 1.54) is 0 Å². The second kappa shape index (κ2) is 6.99. The smallest absolute Gasteiger partial charge is 0.165 e. The van der Waals surface area contributed by atoms with Gasteiger partial charge in [-0.1, -0.05) is 39.0 Å². The van der Waals surface area contributed by atoms with Gasteiger partial charge in [-0.2, -0.15) is 15.3 Å². The molecule has 2 unspecified atom stereocenters. The van der Waals surface area contributed by atoms with Crippen LogP contribution in [0.4, 0.5) is 0 Å². The molecular weight excluding hydrogens is 398 g/mol. The number of azo groups is 1. The highest BCUT2D eigenvalue weighted by Crippen LogP contribution is 2.55. The summed E-state index contributed by atoms with van der Waals surface area (Å²) in [4.78, 5) is 13.7. The van der Waals surface area contributed by atoms with Crippen LogP contribution in [0, 0.1) is 12.3 Å². The number of nitrogens with one attached hydrogen (secondary N) is 1. The fourth-order valence-corrected chi connectivity index (χ4v) is 6.04. The molecule has 1 aromatic heterocycles. The first-order valence-corrected chi connectivity index (χ1v) is 11.4. The summed E-state index contributed by atoms with van der Waals surface area (Å²) in [6.07, 6.45) is 4.03. The first-order chi connectivity index (χ1) is 15.2. The normalized spacial score (nSPS) is 26.3. The quantitative estimate of drug-likeness (QED) is 0.714. The Morgan fingerprint density at radius 1 is 1.22 bits per heavy atom. The van der Waals surface area contributed by atoms with Crippen molar-refractivity contribution >= 4 is 5.78 Å². The highest BCUT2D eigenvalue weighted by Gasteiger charge is 2.53. The standard InChI is InChI=1S/C26H31N5O/c1-7-26(18-10-8-9-17(11-18)19-14-31(6)30-15(19)2)22-16(3)28-29-24(22)27-20-12-25(4,5)13-21(32)23(20)26/h8-11,14,24,27H,7,12-13H2,1-6H3. The van der Waals surface area contributed by atoms with Gasteiger partial charge in [0.2, 0.25) is 0 Å². The molecule has 32 heavy (non-hydrogen) atoms. The number of aryl methyl sites for hydroxylation is 2. The number of nitrogens with zero attached hydrogens (tertiary/aromatic N) is 4. The Bertz CT molecular complexity index is 1230. The van der Waals surface area contributed by atoms with Gasteiger partial charge in [0.25, 0.3) is 0 Å². The number of benzene rings is 1. The van der Waals surface area contributed by atoms with Gasteiger partial charge >= 0.3 is 0 Å². The van der Waals surface area contributed by atoms with Gasteiger partial charge in [-0.05, 0) is 49.3 Å². The average molecular weight is 430 g/mol. The van der Waals surface area contributed by atoms with Crippen LogP contribution in [0.3, 0.4) is 0 Å². The zero-order valence-electron chi connectivity index (χ0n) is 19.8. The van der Waals surface area contributed by atoms with E-state index in [2.05, 4.69) is 71.9 Å². The summed E-state index contributed by atoms with van der Waals surface area (Å²) in [5.41, 5.74) is 7.75. The number of carbonyl (C=O) groups is 1. The van der Waals surface area contributed by atoms with Crippen molar-refractivity contribution in [2.45, 2.75) is 65.5 Å². The number of Topliss-reactive ketones (excluding diaryl/α,β-unsaturated/α-hetero) is 1. The molecule has 3 heterocycles. The van der Waals surface area contributed by atoms with Gasteiger partial charge in [0.1, 0.15) is 0 Å². The highest BCUT2D eigenvalue weighted by molar-refractivity contribution is 6.01. The van der Waals surface area contributed by atoms with Crippen molar-refractivity contribution in [3.63, 3.8) is 0 Å². The fourth-order valence-electron chi connectivity index (χ4n) is 6.04. The summed E-state index contributed by atoms with van der Waals surface area (Å²) >= 11 is 0. The van der Waals surface area contributed by atoms with Crippen LogP contribution in [0.2, 0.25) is 0 Å². The molecule has 0 bridgehead atoms. The predicted molar refractivity (Wildman–Crippen MR) is 125 cm³/mol. The molecule has 0 saturated carbocycles. The Morgan fingerprint density at radius 2 is 2.00 bits per heavy atom. The number of hydrogen-bond acceptors (Lipinski definition) is 5. The molecule has 1 aliphatic carbocycles. The van der Waals surface area contributed by atoms with Crippen LogP contribution in [0.5, 0.6) is 0 Å². The number of fused-ring (bicyclic) bond motifs is 1. The third-order valence-corrected chi connectivity index (χ3v) is 7.27. The monoisotopic (exact) mass is 429 g/mol. The summed E-state index contributed by atoms with van der Waals surface area (Å²) in [6.45, 7) is 10.6. The first kappa shape index (κ1) is 20.9. The molecule has 0 radical (unpaired) electrons. The Hall–Kier alpha value is -3.02. The molecule has 2 aliphatic heterocycles. The summed E-state index contributed by atoms with van der Waals surface area (Å²) in [6, 6.07) is 8.63. The van der Waals surface area contributed by atoms with E-state index in [9.17, 15) is 4.79 Å². The Balaban J connectivity index is 1.78. The number of ketones is 1. The Morgan fingerprint density at radius 3 is 2.69 bits per heavy atom. The summed E-state index contributed by atoms with van der Waals surface area (Å²) in [5.74, 6) is 0.235. The second-order valence-corrected chi connectivity index (χ2v) is 10.2. The van der Waals surface area contributed by atoms with Gasteiger partial charge in [-0.25, -0.2) is 0 Å². The predicted octanol–water partition coefficient (Wildman–Crippen LogP) is 5.36. The zero-order valence-corrected chi connectivity index (χ0v) is 19.8. The fraction of sp³-hybridized carbons (Fsp3) is 0.462. The summed E-state index contributed by atoms with van der Waals surface area (Å²) in [5, 5.41) is 17.1. The molecule has 1 N–H and O–H groups in total. The Labute approximate surface area is 189 Å². The van der Waals surface area contributed by atoms with Crippen LogP contribution in [0.25, 0.3) is 11.1 Å². The minimum Gasteiger partial charge on any atom is -0.362 e. The van der Waals surface area contributed by atoms with E-state index in [0.29, 0.717) is 6.42 Å². The van der Waals surface area contributed by atoms with Gasteiger partial charge in [0, 0.05) is 42.1 Å². The third-order valence-electron chi connectivity index (χ3n) is 7.27. The lowest BCUT2D eigenvalue weighted by molar-refractivity contribution is -0.119. The maximum atomic E-state index is 13.7. The Kier molecular flexibility index (Phi) is 4.56. The van der Waals surface area contributed by atoms with Crippen molar-refractivity contribution in [3.8, 4) is 11.1 Å². The van der Waals surface area contributed by atoms with Crippen LogP contribution in [-0.4, -0.2) is 21.7 Å². The van der Waals surface area contributed by atoms with Crippen LogP contribution in [-0.2, 0) is 17.3 Å². The van der Waals surface area contributed by atoms with Gasteiger partial charge < -0.3 is 5.32 Å². The minimum absolute atomic E-state index is 0.0664. The zero-order chi connectivity index (χ0) is 22.8. The topological polar surface area (TPSA) is 71.6 Å². The largest absolute Gasteiger partial charge is 0.362 e. The molecular formula is C26H31N5O. The van der Waals surface area contributed by atoms with E-state index >= 15 is 0 Å². The van der Waals surface area contributed by atoms with Crippen LogP contribution in [0.15, 0.2) is 63.2 Å². The summed E-state index contributed by atoms with van der Waals surface area (Å²) in [7, 11) is 1.94. The van der Waals surface area contributed by atoms with Crippen molar-refractivity contribution in [2.75, 3.05) is 0 Å². The van der Waals surface area contributed by atoms with E-state index < -0.39 is 5.41 Å². The SMILES string of the molecule is CCC1(c2cccc(-c3cn(C)nc3C)c2)C2=C(CC(C)(C)CC2=O)NC2N=NC(C)=C21. The maximum Gasteiger partial charge on any atom is 0.165 e. The summed E-state index contributed by atoms with van der Waals surface area (Å²) < 4.78 is 1.85. The lowest BCUT2D eigenvalue weighted by atomic mass is 9.58. The van der Waals surface area contributed by atoms with Crippen LogP contribution >= 0.6 is 0 Å². The lowest BCUT2D eigenvalue weighted by Gasteiger charge is -2.48. The van der Waals surface area contributed by atoms with Crippen molar-refractivity contribution in [2.24, 2.45) is 22.7 Å². The molecule has 5 rings (SSSR count). The number of aromatic nitrogens is 2. The molecule has 3 aliphatic rings. The maximum absolute atomic E-state index is 13.7. The van der Waals surface area contributed by atoms with E-state index in [0.717, 1.165) is 57.8 Å². The lowest BCUT2D eigenvalue weighted by Crippen LogP contribution is -2.51. The first-order valence-electron chi connectivity index (χ1n) is 11.4. The molecule has 6 nitrogen and oxygen atoms in total. The van der Waals surface area contributed by atoms with E-state index in [-0.39, 0.29) is 17.4 Å². The average Bonchev–Trinajstić information content (AvgIpc) is 3.27. The molecule has 2 atom stereocenters. The molecule has 166 valence electrons. The second-order valence-electron chi connectivity index (χ2n) is 10.2. The van der Waals surface area contributed by atoms with Crippen molar-refractivity contribution in [1.29, 1.82) is 0 Å². The van der Waals surface area contributed by atoms with E-state index in [4.69, 9.17) is 0 Å². The third kappa shape index (κ3) is 2.92. The minimum atomic E-state index is -0.529.